The van der Waals surface area contributed by atoms with Crippen molar-refractivity contribution in [3.8, 4) is 0 Å². The molecule has 0 aromatic carbocycles. The highest BCUT2D eigenvalue weighted by atomic mass is 35.5. The van der Waals surface area contributed by atoms with Crippen LogP contribution >= 0.6 is 22.9 Å². The lowest BCUT2D eigenvalue weighted by atomic mass is 10.3. The van der Waals surface area contributed by atoms with Crippen LogP contribution in [0.3, 0.4) is 0 Å². The number of carbonyl (C=O) groups excluding carboxylic acids is 1. The molecule has 0 bridgehead atoms. The zero-order valence-electron chi connectivity index (χ0n) is 5.35. The zero-order chi connectivity index (χ0) is 7.56. The van der Waals surface area contributed by atoms with Gasteiger partial charge in [-0.25, -0.2) is 0 Å². The van der Waals surface area contributed by atoms with Gasteiger partial charge in [-0.15, -0.1) is 11.3 Å². The van der Waals surface area contributed by atoms with Crippen LogP contribution in [-0.4, -0.2) is 13.0 Å². The molecule has 10 heavy (non-hydrogen) atoms. The number of carbonyl (C=O) groups is 1. The van der Waals surface area contributed by atoms with Crippen LogP contribution in [-0.2, 0) is 0 Å². The molecule has 1 amide bonds. The van der Waals surface area contributed by atoms with Crippen molar-refractivity contribution in [3.63, 3.8) is 0 Å². The van der Waals surface area contributed by atoms with Crippen molar-refractivity contribution in [3.05, 3.63) is 21.3 Å². The molecule has 1 aromatic rings. The molecule has 0 aliphatic carbocycles. The lowest BCUT2D eigenvalue weighted by Crippen LogP contribution is -2.16. The van der Waals surface area contributed by atoms with Crippen LogP contribution in [0.25, 0.3) is 0 Å². The molecule has 0 saturated heterocycles. The van der Waals surface area contributed by atoms with Gasteiger partial charge in [0.25, 0.3) is 5.91 Å². The van der Waals surface area contributed by atoms with Crippen molar-refractivity contribution in [2.24, 2.45) is 0 Å². The number of rotatable bonds is 1. The smallest absolute Gasteiger partial charge is 0.251 e. The summed E-state index contributed by atoms with van der Waals surface area (Å²) >= 11 is 6.95. The van der Waals surface area contributed by atoms with E-state index >= 15 is 0 Å². The van der Waals surface area contributed by atoms with Crippen LogP contribution < -0.4 is 5.32 Å². The molecule has 0 saturated carbocycles. The summed E-state index contributed by atoms with van der Waals surface area (Å²) in [5.74, 6) is -0.0943. The number of thiophene rings is 1. The number of hydrogen-bond acceptors (Lipinski definition) is 2. The third-order valence-electron chi connectivity index (χ3n) is 1.06. The Morgan fingerprint density at radius 1 is 1.80 bits per heavy atom. The molecule has 1 aromatic heterocycles. The molecule has 0 spiro atoms. The Morgan fingerprint density at radius 2 is 2.50 bits per heavy atom. The maximum atomic E-state index is 10.9. The van der Waals surface area contributed by atoms with Crippen molar-refractivity contribution >= 4 is 28.8 Å². The average Bonchev–Trinajstić information content (AvgIpc) is 2.34. The maximum absolute atomic E-state index is 10.9. The summed E-state index contributed by atoms with van der Waals surface area (Å²) in [4.78, 5) is 10.9. The second-order valence-electron chi connectivity index (χ2n) is 1.72. The number of nitrogens with one attached hydrogen (secondary N) is 1. The Morgan fingerprint density at radius 3 is 2.90 bits per heavy atom. The van der Waals surface area contributed by atoms with E-state index in [9.17, 15) is 4.79 Å². The molecule has 1 rings (SSSR count). The van der Waals surface area contributed by atoms with Gasteiger partial charge >= 0.3 is 0 Å². The summed E-state index contributed by atoms with van der Waals surface area (Å²) in [5.41, 5.74) is 0.623. The maximum Gasteiger partial charge on any atom is 0.251 e. The van der Waals surface area contributed by atoms with Gasteiger partial charge in [-0.2, -0.15) is 0 Å². The molecule has 0 atom stereocenters. The topological polar surface area (TPSA) is 29.1 Å². The molecule has 54 valence electrons. The van der Waals surface area contributed by atoms with E-state index in [4.69, 9.17) is 11.6 Å². The van der Waals surface area contributed by atoms with Gasteiger partial charge in [0.2, 0.25) is 0 Å². The quantitative estimate of drug-likeness (QED) is 0.693. The van der Waals surface area contributed by atoms with E-state index in [-0.39, 0.29) is 5.91 Å². The first kappa shape index (κ1) is 7.57. The SMILES string of the molecule is CNC(=O)c1csc(Cl)c1. The van der Waals surface area contributed by atoms with Crippen molar-refractivity contribution in [1.82, 2.24) is 5.32 Å². The molecular formula is C6H6ClNOS. The summed E-state index contributed by atoms with van der Waals surface area (Å²) in [6, 6.07) is 1.64. The first-order valence-corrected chi connectivity index (χ1v) is 3.96. The summed E-state index contributed by atoms with van der Waals surface area (Å²) in [6.07, 6.45) is 0. The monoisotopic (exact) mass is 175 g/mol. The van der Waals surface area contributed by atoms with E-state index in [1.54, 1.807) is 18.5 Å². The number of amides is 1. The van der Waals surface area contributed by atoms with Crippen molar-refractivity contribution in [2.75, 3.05) is 7.05 Å². The minimum atomic E-state index is -0.0943. The van der Waals surface area contributed by atoms with Gasteiger partial charge in [-0.05, 0) is 6.07 Å². The standard InChI is InChI=1S/C6H6ClNOS/c1-8-6(9)4-2-5(7)10-3-4/h2-3H,1H3,(H,8,9). The lowest BCUT2D eigenvalue weighted by Gasteiger charge is -1.91. The van der Waals surface area contributed by atoms with Crippen LogP contribution in [0.5, 0.6) is 0 Å². The van der Waals surface area contributed by atoms with Gasteiger partial charge in [0.1, 0.15) is 0 Å². The van der Waals surface area contributed by atoms with E-state index < -0.39 is 0 Å². The van der Waals surface area contributed by atoms with Gasteiger partial charge in [0.15, 0.2) is 0 Å². The van der Waals surface area contributed by atoms with Crippen LogP contribution in [0.15, 0.2) is 11.4 Å². The van der Waals surface area contributed by atoms with Gasteiger partial charge in [-0.1, -0.05) is 11.6 Å². The van der Waals surface area contributed by atoms with Gasteiger partial charge in [0, 0.05) is 12.4 Å². The van der Waals surface area contributed by atoms with E-state index in [0.29, 0.717) is 9.90 Å². The minimum absolute atomic E-state index is 0.0943. The Balaban J connectivity index is 2.85. The van der Waals surface area contributed by atoms with Crippen molar-refractivity contribution < 1.29 is 4.79 Å². The van der Waals surface area contributed by atoms with E-state index in [0.717, 1.165) is 0 Å². The number of halogens is 1. The van der Waals surface area contributed by atoms with Crippen molar-refractivity contribution in [1.29, 1.82) is 0 Å². The molecule has 2 nitrogen and oxygen atoms in total. The molecular weight excluding hydrogens is 170 g/mol. The third-order valence-corrected chi connectivity index (χ3v) is 2.15. The second kappa shape index (κ2) is 3.03. The Hall–Kier alpha value is -0.540. The molecule has 0 fully saturated rings. The van der Waals surface area contributed by atoms with E-state index in [1.165, 1.54) is 11.3 Å². The summed E-state index contributed by atoms with van der Waals surface area (Å²) in [6.45, 7) is 0. The fraction of sp³-hybridized carbons (Fsp3) is 0.167. The Labute approximate surface area is 67.8 Å². The third kappa shape index (κ3) is 1.49. The molecule has 0 unspecified atom stereocenters. The Bertz CT molecular complexity index is 246. The molecule has 1 N–H and O–H groups in total. The van der Waals surface area contributed by atoms with E-state index in [2.05, 4.69) is 5.32 Å². The second-order valence-corrected chi connectivity index (χ2v) is 3.26. The fourth-order valence-corrected chi connectivity index (χ4v) is 1.43. The Kier molecular flexibility index (Phi) is 2.29. The minimum Gasteiger partial charge on any atom is -0.355 e. The lowest BCUT2D eigenvalue weighted by molar-refractivity contribution is 0.0963. The first-order valence-electron chi connectivity index (χ1n) is 2.70. The summed E-state index contributed by atoms with van der Waals surface area (Å²) in [5, 5.41) is 4.23. The molecule has 0 aliphatic rings. The highest BCUT2D eigenvalue weighted by Crippen LogP contribution is 2.19. The summed E-state index contributed by atoms with van der Waals surface area (Å²) in [7, 11) is 1.59. The highest BCUT2D eigenvalue weighted by molar-refractivity contribution is 7.14. The molecule has 4 heteroatoms. The van der Waals surface area contributed by atoms with Crippen LogP contribution in [0.1, 0.15) is 10.4 Å². The largest absolute Gasteiger partial charge is 0.355 e. The van der Waals surface area contributed by atoms with Crippen LogP contribution in [0.2, 0.25) is 4.34 Å². The first-order chi connectivity index (χ1) is 4.74. The van der Waals surface area contributed by atoms with Crippen LogP contribution in [0, 0.1) is 0 Å². The van der Waals surface area contributed by atoms with Crippen molar-refractivity contribution in [2.45, 2.75) is 0 Å². The predicted molar refractivity (Wildman–Crippen MR) is 42.7 cm³/mol. The average molecular weight is 176 g/mol. The normalized spacial score (nSPS) is 9.40. The predicted octanol–water partition coefficient (Wildman–Crippen LogP) is 1.76. The zero-order valence-corrected chi connectivity index (χ0v) is 6.92. The number of hydrogen-bond donors (Lipinski definition) is 1. The highest BCUT2D eigenvalue weighted by Gasteiger charge is 2.03. The fourth-order valence-electron chi connectivity index (χ4n) is 0.573. The van der Waals surface area contributed by atoms with Gasteiger partial charge in [-0.3, -0.25) is 4.79 Å². The molecule has 0 aliphatic heterocycles. The van der Waals surface area contributed by atoms with Gasteiger partial charge in [0.05, 0.1) is 9.90 Å². The van der Waals surface area contributed by atoms with Gasteiger partial charge < -0.3 is 5.32 Å². The van der Waals surface area contributed by atoms with E-state index in [1.807, 2.05) is 0 Å². The molecule has 1 heterocycles. The van der Waals surface area contributed by atoms with Crippen LogP contribution in [0.4, 0.5) is 0 Å². The molecule has 0 radical (unpaired) electrons. The summed E-state index contributed by atoms with van der Waals surface area (Å²) < 4.78 is 0.638.